The Balaban J connectivity index is 2.64. The number of esters is 1. The summed E-state index contributed by atoms with van der Waals surface area (Å²) in [6.45, 7) is 3.52. The predicted molar refractivity (Wildman–Crippen MR) is 89.5 cm³/mol. The van der Waals surface area contributed by atoms with E-state index < -0.39 is 11.9 Å². The minimum atomic E-state index is -0.711. The van der Waals surface area contributed by atoms with Crippen molar-refractivity contribution in [3.05, 3.63) is 46.6 Å². The van der Waals surface area contributed by atoms with Gasteiger partial charge in [0, 0.05) is 0 Å². The van der Waals surface area contributed by atoms with E-state index in [0.717, 1.165) is 0 Å². The lowest BCUT2D eigenvalue weighted by Gasteiger charge is -2.27. The molecule has 0 amide bonds. The highest BCUT2D eigenvalue weighted by Crippen LogP contribution is 2.42. The summed E-state index contributed by atoms with van der Waals surface area (Å²) in [5.74, 6) is 0.00980. The van der Waals surface area contributed by atoms with Gasteiger partial charge >= 0.3 is 5.97 Å². The van der Waals surface area contributed by atoms with Crippen LogP contribution >= 0.6 is 0 Å². The number of nitriles is 1. The molecule has 1 aliphatic heterocycles. The topological polar surface area (TPSA) is 104 Å². The second-order valence-corrected chi connectivity index (χ2v) is 5.23. The van der Waals surface area contributed by atoms with Crippen LogP contribution in [0.2, 0.25) is 0 Å². The molecule has 2 rings (SSSR count). The summed E-state index contributed by atoms with van der Waals surface area (Å²) in [5, 5.41) is 9.54. The van der Waals surface area contributed by atoms with Crippen molar-refractivity contribution < 1.29 is 23.7 Å². The van der Waals surface area contributed by atoms with Crippen LogP contribution in [-0.4, -0.2) is 26.8 Å². The molecule has 25 heavy (non-hydrogen) atoms. The molecule has 1 aromatic rings. The fourth-order valence-corrected chi connectivity index (χ4v) is 2.72. The van der Waals surface area contributed by atoms with Gasteiger partial charge in [0.05, 0.1) is 32.3 Å². The van der Waals surface area contributed by atoms with Gasteiger partial charge in [0.1, 0.15) is 17.4 Å². The number of methoxy groups -OCH3 is 2. The zero-order chi connectivity index (χ0) is 18.6. The van der Waals surface area contributed by atoms with Gasteiger partial charge < -0.3 is 24.7 Å². The van der Waals surface area contributed by atoms with Gasteiger partial charge in [-0.25, -0.2) is 4.79 Å². The number of hydrogen-bond donors (Lipinski definition) is 1. The van der Waals surface area contributed by atoms with Crippen LogP contribution < -0.4 is 15.2 Å². The maximum atomic E-state index is 12.4. The minimum absolute atomic E-state index is 0.0344. The van der Waals surface area contributed by atoms with Gasteiger partial charge in [-0.3, -0.25) is 0 Å². The maximum Gasteiger partial charge on any atom is 0.338 e. The lowest BCUT2D eigenvalue weighted by molar-refractivity contribution is -0.139. The number of nitrogens with zero attached hydrogens (tertiary/aromatic N) is 1. The molecular formula is C18H20N2O5. The first-order valence-electron chi connectivity index (χ1n) is 7.65. The molecule has 132 valence electrons. The van der Waals surface area contributed by atoms with E-state index >= 15 is 0 Å². The molecule has 0 fully saturated rings. The fraction of sp³-hybridized carbons (Fsp3) is 0.333. The number of benzene rings is 1. The quantitative estimate of drug-likeness (QED) is 0.818. The Labute approximate surface area is 146 Å². The highest BCUT2D eigenvalue weighted by atomic mass is 16.5. The number of carbonyl (C=O) groups is 1. The lowest BCUT2D eigenvalue weighted by atomic mass is 9.83. The van der Waals surface area contributed by atoms with E-state index in [1.807, 2.05) is 6.07 Å². The Morgan fingerprint density at radius 1 is 1.32 bits per heavy atom. The molecule has 7 nitrogen and oxygen atoms in total. The molecule has 1 heterocycles. The normalized spacial score (nSPS) is 16.8. The van der Waals surface area contributed by atoms with E-state index in [0.29, 0.717) is 22.8 Å². The molecule has 1 aliphatic rings. The Kier molecular flexibility index (Phi) is 5.55. The Hall–Kier alpha value is -3.14. The summed E-state index contributed by atoms with van der Waals surface area (Å²) in [6.07, 6.45) is 0. The smallest absolute Gasteiger partial charge is 0.338 e. The van der Waals surface area contributed by atoms with E-state index in [1.54, 1.807) is 32.0 Å². The Bertz CT molecular complexity index is 789. The van der Waals surface area contributed by atoms with Crippen molar-refractivity contribution in [2.75, 3.05) is 20.8 Å². The van der Waals surface area contributed by atoms with Gasteiger partial charge in [-0.1, -0.05) is 6.07 Å². The molecule has 7 heteroatoms. The van der Waals surface area contributed by atoms with Crippen LogP contribution in [0.1, 0.15) is 25.3 Å². The zero-order valence-electron chi connectivity index (χ0n) is 14.6. The third-order valence-electron chi connectivity index (χ3n) is 3.84. The second kappa shape index (κ2) is 7.62. The van der Waals surface area contributed by atoms with Crippen LogP contribution in [0.5, 0.6) is 11.5 Å². The standard InChI is InChI=1S/C18H20N2O5/c1-5-24-18(21)15-10(2)25-17(20)12(9-19)16(15)11-6-7-13(22-3)14(8-11)23-4/h6-8,16H,5,20H2,1-4H3/t16-/m1/s1. The summed E-state index contributed by atoms with van der Waals surface area (Å²) in [6, 6.07) is 7.18. The number of carbonyl (C=O) groups excluding carboxylic acids is 1. The highest BCUT2D eigenvalue weighted by molar-refractivity contribution is 5.92. The van der Waals surface area contributed by atoms with E-state index in [9.17, 15) is 10.1 Å². The van der Waals surface area contributed by atoms with Crippen LogP contribution in [0.3, 0.4) is 0 Å². The molecule has 0 aromatic heterocycles. The molecule has 0 aliphatic carbocycles. The highest BCUT2D eigenvalue weighted by Gasteiger charge is 2.36. The SMILES string of the molecule is CCOC(=O)C1=C(C)OC(N)=C(C#N)[C@H]1c1ccc(OC)c(OC)c1. The largest absolute Gasteiger partial charge is 0.493 e. The molecule has 0 saturated carbocycles. The number of hydrogen-bond acceptors (Lipinski definition) is 7. The average Bonchev–Trinajstić information content (AvgIpc) is 2.60. The van der Waals surface area contributed by atoms with Crippen molar-refractivity contribution >= 4 is 5.97 Å². The van der Waals surface area contributed by atoms with Crippen molar-refractivity contribution in [3.63, 3.8) is 0 Å². The minimum Gasteiger partial charge on any atom is -0.493 e. The number of nitrogens with two attached hydrogens (primary N) is 1. The van der Waals surface area contributed by atoms with Crippen LogP contribution in [-0.2, 0) is 14.3 Å². The number of ether oxygens (including phenoxy) is 4. The first-order chi connectivity index (χ1) is 12.0. The van der Waals surface area contributed by atoms with Crippen molar-refractivity contribution in [1.82, 2.24) is 0 Å². The van der Waals surface area contributed by atoms with Gasteiger partial charge in [0.2, 0.25) is 5.88 Å². The predicted octanol–water partition coefficient (Wildman–Crippen LogP) is 2.35. The van der Waals surface area contributed by atoms with Gasteiger partial charge in [0.25, 0.3) is 0 Å². The number of rotatable bonds is 5. The third-order valence-corrected chi connectivity index (χ3v) is 3.84. The average molecular weight is 344 g/mol. The first kappa shape index (κ1) is 18.2. The molecule has 0 bridgehead atoms. The maximum absolute atomic E-state index is 12.4. The van der Waals surface area contributed by atoms with Crippen LogP contribution in [0.25, 0.3) is 0 Å². The molecule has 1 atom stereocenters. The van der Waals surface area contributed by atoms with Crippen LogP contribution in [0, 0.1) is 11.3 Å². The second-order valence-electron chi connectivity index (χ2n) is 5.23. The van der Waals surface area contributed by atoms with E-state index in [2.05, 4.69) is 0 Å². The summed E-state index contributed by atoms with van der Waals surface area (Å²) in [7, 11) is 3.03. The summed E-state index contributed by atoms with van der Waals surface area (Å²) in [5.41, 5.74) is 6.88. The molecule has 1 aromatic carbocycles. The van der Waals surface area contributed by atoms with Gasteiger partial charge in [-0.05, 0) is 31.5 Å². The third kappa shape index (κ3) is 3.38. The van der Waals surface area contributed by atoms with E-state index in [4.69, 9.17) is 24.7 Å². The molecular weight excluding hydrogens is 324 g/mol. The first-order valence-corrected chi connectivity index (χ1v) is 7.65. The lowest BCUT2D eigenvalue weighted by Crippen LogP contribution is -2.25. The molecule has 0 radical (unpaired) electrons. The molecule has 0 spiro atoms. The van der Waals surface area contributed by atoms with Crippen molar-refractivity contribution in [2.24, 2.45) is 5.73 Å². The molecule has 2 N–H and O–H groups in total. The van der Waals surface area contributed by atoms with Gasteiger partial charge in [-0.2, -0.15) is 5.26 Å². The Morgan fingerprint density at radius 3 is 2.56 bits per heavy atom. The zero-order valence-corrected chi connectivity index (χ0v) is 14.6. The van der Waals surface area contributed by atoms with Crippen LogP contribution in [0.15, 0.2) is 41.0 Å². The van der Waals surface area contributed by atoms with E-state index in [-0.39, 0.29) is 23.6 Å². The van der Waals surface area contributed by atoms with Crippen molar-refractivity contribution in [3.8, 4) is 17.6 Å². The van der Waals surface area contributed by atoms with E-state index in [1.165, 1.54) is 14.2 Å². The number of allylic oxidation sites excluding steroid dienone is 2. The fourth-order valence-electron chi connectivity index (χ4n) is 2.72. The molecule has 0 saturated heterocycles. The van der Waals surface area contributed by atoms with Crippen LogP contribution in [0.4, 0.5) is 0 Å². The molecule has 0 unspecified atom stereocenters. The summed E-state index contributed by atoms with van der Waals surface area (Å²) < 4.78 is 21.1. The Morgan fingerprint density at radius 2 is 2.00 bits per heavy atom. The van der Waals surface area contributed by atoms with Gasteiger partial charge in [-0.15, -0.1) is 0 Å². The van der Waals surface area contributed by atoms with Gasteiger partial charge in [0.15, 0.2) is 11.5 Å². The van der Waals surface area contributed by atoms with Crippen molar-refractivity contribution in [1.29, 1.82) is 5.26 Å². The van der Waals surface area contributed by atoms with Crippen molar-refractivity contribution in [2.45, 2.75) is 19.8 Å². The summed E-state index contributed by atoms with van der Waals surface area (Å²) >= 11 is 0. The monoisotopic (exact) mass is 344 g/mol. The summed E-state index contributed by atoms with van der Waals surface area (Å²) in [4.78, 5) is 12.4.